The molecule has 0 aliphatic carbocycles. The largest absolute Gasteiger partial charge is 0.497 e. The highest BCUT2D eigenvalue weighted by atomic mass is 16.5. The number of nitrogens with one attached hydrogen (secondary N) is 1. The number of nitrogens with zero attached hydrogens (tertiary/aromatic N) is 2. The quantitative estimate of drug-likeness (QED) is 0.880. The third-order valence-electron chi connectivity index (χ3n) is 2.95. The summed E-state index contributed by atoms with van der Waals surface area (Å²) in [7, 11) is 1.61. The van der Waals surface area contributed by atoms with E-state index in [0.717, 1.165) is 11.3 Å². The number of hydrogen-bond acceptors (Lipinski definition) is 5. The molecule has 2 rings (SSSR count). The van der Waals surface area contributed by atoms with Crippen molar-refractivity contribution in [3.05, 3.63) is 30.2 Å². The van der Waals surface area contributed by atoms with Gasteiger partial charge in [-0.1, -0.05) is 19.9 Å². The molecule has 1 N–H and O–H groups in total. The van der Waals surface area contributed by atoms with Crippen LogP contribution in [0, 0.1) is 5.92 Å². The van der Waals surface area contributed by atoms with Crippen molar-refractivity contribution in [2.24, 2.45) is 5.92 Å². The monoisotopic (exact) mass is 289 g/mol. The summed E-state index contributed by atoms with van der Waals surface area (Å²) in [4.78, 5) is 11.4. The van der Waals surface area contributed by atoms with Gasteiger partial charge in [0.2, 0.25) is 17.7 Å². The SMILES string of the molecule is COc1cccc(-c2nnc(CCNC(=O)C(C)C)o2)c1. The summed E-state index contributed by atoms with van der Waals surface area (Å²) in [6.45, 7) is 4.18. The molecule has 0 fully saturated rings. The van der Waals surface area contributed by atoms with Crippen molar-refractivity contribution < 1.29 is 13.9 Å². The van der Waals surface area contributed by atoms with Gasteiger partial charge in [0.25, 0.3) is 0 Å². The molecule has 112 valence electrons. The lowest BCUT2D eigenvalue weighted by atomic mass is 10.2. The Morgan fingerprint density at radius 1 is 1.38 bits per heavy atom. The average Bonchev–Trinajstić information content (AvgIpc) is 2.96. The highest BCUT2D eigenvalue weighted by molar-refractivity contribution is 5.77. The van der Waals surface area contributed by atoms with E-state index in [4.69, 9.17) is 9.15 Å². The zero-order valence-electron chi connectivity index (χ0n) is 12.4. The number of hydrogen-bond donors (Lipinski definition) is 1. The predicted molar refractivity (Wildman–Crippen MR) is 77.8 cm³/mol. The van der Waals surface area contributed by atoms with Gasteiger partial charge < -0.3 is 14.5 Å². The normalized spacial score (nSPS) is 10.7. The molecule has 0 aliphatic rings. The van der Waals surface area contributed by atoms with Crippen LogP contribution in [0.3, 0.4) is 0 Å². The van der Waals surface area contributed by atoms with Crippen LogP contribution in [0.4, 0.5) is 0 Å². The summed E-state index contributed by atoms with van der Waals surface area (Å²) in [5, 5.41) is 10.8. The Bertz CT molecular complexity index is 608. The Balaban J connectivity index is 1.96. The molecule has 6 nitrogen and oxygen atoms in total. The maximum atomic E-state index is 11.4. The first kappa shape index (κ1) is 15.0. The van der Waals surface area contributed by atoms with E-state index in [1.807, 2.05) is 38.1 Å². The smallest absolute Gasteiger partial charge is 0.247 e. The van der Waals surface area contributed by atoms with E-state index < -0.39 is 0 Å². The molecule has 0 radical (unpaired) electrons. The number of methoxy groups -OCH3 is 1. The van der Waals surface area contributed by atoms with Gasteiger partial charge in [-0.05, 0) is 18.2 Å². The Labute approximate surface area is 123 Å². The second kappa shape index (κ2) is 6.88. The lowest BCUT2D eigenvalue weighted by Crippen LogP contribution is -2.29. The summed E-state index contributed by atoms with van der Waals surface area (Å²) in [6, 6.07) is 7.42. The number of carbonyl (C=O) groups excluding carboxylic acids is 1. The van der Waals surface area contributed by atoms with Gasteiger partial charge in [-0.2, -0.15) is 0 Å². The molecule has 0 unspecified atom stereocenters. The van der Waals surface area contributed by atoms with Crippen molar-refractivity contribution >= 4 is 5.91 Å². The summed E-state index contributed by atoms with van der Waals surface area (Å²) in [5.74, 6) is 1.66. The first-order valence-corrected chi connectivity index (χ1v) is 6.84. The third-order valence-corrected chi connectivity index (χ3v) is 2.95. The van der Waals surface area contributed by atoms with Crippen LogP contribution >= 0.6 is 0 Å². The number of carbonyl (C=O) groups is 1. The Hall–Kier alpha value is -2.37. The van der Waals surface area contributed by atoms with Gasteiger partial charge in [0.15, 0.2) is 0 Å². The second-order valence-electron chi connectivity index (χ2n) is 4.93. The molecule has 1 aromatic heterocycles. The van der Waals surface area contributed by atoms with Gasteiger partial charge >= 0.3 is 0 Å². The first-order valence-electron chi connectivity index (χ1n) is 6.84. The Morgan fingerprint density at radius 3 is 2.90 bits per heavy atom. The Kier molecular flexibility index (Phi) is 4.92. The fourth-order valence-electron chi connectivity index (χ4n) is 1.72. The van der Waals surface area contributed by atoms with Crippen LogP contribution in [-0.2, 0) is 11.2 Å². The van der Waals surface area contributed by atoms with Gasteiger partial charge in [-0.25, -0.2) is 0 Å². The van der Waals surface area contributed by atoms with E-state index in [1.54, 1.807) is 7.11 Å². The summed E-state index contributed by atoms with van der Waals surface area (Å²) >= 11 is 0. The average molecular weight is 289 g/mol. The molecule has 0 bridgehead atoms. The van der Waals surface area contributed by atoms with E-state index in [-0.39, 0.29) is 11.8 Å². The lowest BCUT2D eigenvalue weighted by Gasteiger charge is -2.05. The molecular formula is C15H19N3O3. The van der Waals surface area contributed by atoms with Crippen molar-refractivity contribution in [3.63, 3.8) is 0 Å². The standard InChI is InChI=1S/C15H19N3O3/c1-10(2)14(19)16-8-7-13-17-18-15(21-13)11-5-4-6-12(9-11)20-3/h4-6,9-10H,7-8H2,1-3H3,(H,16,19). The molecule has 0 atom stereocenters. The molecule has 1 amide bonds. The van der Waals surface area contributed by atoms with Crippen molar-refractivity contribution in [1.82, 2.24) is 15.5 Å². The number of ether oxygens (including phenoxy) is 1. The third kappa shape index (κ3) is 4.05. The number of rotatable bonds is 6. The van der Waals surface area contributed by atoms with E-state index in [2.05, 4.69) is 15.5 Å². The van der Waals surface area contributed by atoms with Gasteiger partial charge in [0, 0.05) is 24.4 Å². The maximum Gasteiger partial charge on any atom is 0.247 e. The maximum absolute atomic E-state index is 11.4. The van der Waals surface area contributed by atoms with Crippen LogP contribution < -0.4 is 10.1 Å². The Morgan fingerprint density at radius 2 is 2.19 bits per heavy atom. The fraction of sp³-hybridized carbons (Fsp3) is 0.400. The van der Waals surface area contributed by atoms with Crippen LogP contribution in [0.2, 0.25) is 0 Å². The highest BCUT2D eigenvalue weighted by Crippen LogP contribution is 2.22. The number of aromatic nitrogens is 2. The molecule has 6 heteroatoms. The van der Waals surface area contributed by atoms with Crippen molar-refractivity contribution in [1.29, 1.82) is 0 Å². The predicted octanol–water partition coefficient (Wildman–Crippen LogP) is 2.06. The fourth-order valence-corrected chi connectivity index (χ4v) is 1.72. The van der Waals surface area contributed by atoms with E-state index in [9.17, 15) is 4.79 Å². The summed E-state index contributed by atoms with van der Waals surface area (Å²) in [5.41, 5.74) is 0.805. The van der Waals surface area contributed by atoms with Gasteiger partial charge in [0.1, 0.15) is 5.75 Å². The van der Waals surface area contributed by atoms with Crippen LogP contribution in [0.15, 0.2) is 28.7 Å². The summed E-state index contributed by atoms with van der Waals surface area (Å²) in [6.07, 6.45) is 0.509. The number of benzene rings is 1. The van der Waals surface area contributed by atoms with Crippen LogP contribution in [0.25, 0.3) is 11.5 Å². The number of amides is 1. The molecule has 0 saturated heterocycles. The van der Waals surface area contributed by atoms with Crippen molar-refractivity contribution in [2.75, 3.05) is 13.7 Å². The van der Waals surface area contributed by atoms with E-state index in [0.29, 0.717) is 24.7 Å². The van der Waals surface area contributed by atoms with Crippen LogP contribution in [0.1, 0.15) is 19.7 Å². The zero-order chi connectivity index (χ0) is 15.2. The summed E-state index contributed by atoms with van der Waals surface area (Å²) < 4.78 is 10.7. The van der Waals surface area contributed by atoms with Gasteiger partial charge in [-0.3, -0.25) is 4.79 Å². The molecule has 2 aromatic rings. The van der Waals surface area contributed by atoms with E-state index in [1.165, 1.54) is 0 Å². The minimum Gasteiger partial charge on any atom is -0.497 e. The molecule has 0 aliphatic heterocycles. The zero-order valence-corrected chi connectivity index (χ0v) is 12.4. The molecule has 0 spiro atoms. The molecule has 0 saturated carbocycles. The highest BCUT2D eigenvalue weighted by Gasteiger charge is 2.10. The topological polar surface area (TPSA) is 77.3 Å². The second-order valence-corrected chi connectivity index (χ2v) is 4.93. The molecular weight excluding hydrogens is 270 g/mol. The van der Waals surface area contributed by atoms with Crippen molar-refractivity contribution in [2.45, 2.75) is 20.3 Å². The minimum atomic E-state index is -0.0278. The van der Waals surface area contributed by atoms with Crippen LogP contribution in [0.5, 0.6) is 5.75 Å². The molecule has 21 heavy (non-hydrogen) atoms. The van der Waals surface area contributed by atoms with Crippen LogP contribution in [-0.4, -0.2) is 29.8 Å². The molecule has 1 aromatic carbocycles. The van der Waals surface area contributed by atoms with E-state index >= 15 is 0 Å². The van der Waals surface area contributed by atoms with Gasteiger partial charge in [0.05, 0.1) is 7.11 Å². The van der Waals surface area contributed by atoms with Crippen molar-refractivity contribution in [3.8, 4) is 17.2 Å². The molecule has 1 heterocycles. The minimum absolute atomic E-state index is 0.0162. The lowest BCUT2D eigenvalue weighted by molar-refractivity contribution is -0.123. The van der Waals surface area contributed by atoms with Gasteiger partial charge in [-0.15, -0.1) is 10.2 Å². The first-order chi connectivity index (χ1) is 10.1.